The summed E-state index contributed by atoms with van der Waals surface area (Å²) in [6.45, 7) is 8.07. The van der Waals surface area contributed by atoms with Crippen LogP contribution in [0.3, 0.4) is 0 Å². The van der Waals surface area contributed by atoms with Crippen LogP contribution in [0, 0.1) is 4.77 Å². The summed E-state index contributed by atoms with van der Waals surface area (Å²) in [5.41, 5.74) is 1.25. The summed E-state index contributed by atoms with van der Waals surface area (Å²) in [7, 11) is 1.69. The van der Waals surface area contributed by atoms with Crippen molar-refractivity contribution >= 4 is 12.2 Å². The van der Waals surface area contributed by atoms with Gasteiger partial charge in [-0.2, -0.15) is 0 Å². The van der Waals surface area contributed by atoms with E-state index in [0.29, 0.717) is 10.8 Å². The first-order chi connectivity index (χ1) is 11.4. The van der Waals surface area contributed by atoms with Gasteiger partial charge in [0, 0.05) is 18.0 Å². The van der Waals surface area contributed by atoms with Gasteiger partial charge in [-0.1, -0.05) is 32.9 Å². The van der Waals surface area contributed by atoms with Gasteiger partial charge in [0.05, 0.1) is 13.8 Å². The summed E-state index contributed by atoms with van der Waals surface area (Å²) >= 11 is 5.44. The van der Waals surface area contributed by atoms with E-state index in [1.165, 1.54) is 18.4 Å². The molecule has 130 valence electrons. The molecular weight excluding hydrogens is 320 g/mol. The summed E-state index contributed by atoms with van der Waals surface area (Å²) in [4.78, 5) is 6.98. The van der Waals surface area contributed by atoms with Gasteiger partial charge in [0.1, 0.15) is 11.6 Å². The Hall–Kier alpha value is -1.66. The molecule has 2 aromatic rings. The van der Waals surface area contributed by atoms with E-state index < -0.39 is 0 Å². The molecule has 0 bridgehead atoms. The predicted molar refractivity (Wildman–Crippen MR) is 97.7 cm³/mol. The summed E-state index contributed by atoms with van der Waals surface area (Å²) in [6.07, 6.45) is 2.51. The molecule has 0 saturated heterocycles. The van der Waals surface area contributed by atoms with Crippen LogP contribution >= 0.6 is 12.2 Å². The first-order valence-corrected chi connectivity index (χ1v) is 8.82. The van der Waals surface area contributed by atoms with E-state index in [-0.39, 0.29) is 5.41 Å². The van der Waals surface area contributed by atoms with Crippen LogP contribution in [0.1, 0.15) is 45.0 Å². The third kappa shape index (κ3) is 4.05. The van der Waals surface area contributed by atoms with E-state index in [2.05, 4.69) is 47.9 Å². The topological polar surface area (TPSA) is 46.1 Å². The lowest BCUT2D eigenvalue weighted by Gasteiger charge is -2.22. The molecule has 1 saturated carbocycles. The highest BCUT2D eigenvalue weighted by atomic mass is 32.1. The maximum absolute atomic E-state index is 5.44. The Morgan fingerprint density at radius 3 is 2.46 bits per heavy atom. The normalized spacial score (nSPS) is 15.0. The second-order valence-electron chi connectivity index (χ2n) is 7.50. The van der Waals surface area contributed by atoms with E-state index in [0.717, 1.165) is 24.8 Å². The Balaban J connectivity index is 1.75. The third-order valence-electron chi connectivity index (χ3n) is 4.32. The van der Waals surface area contributed by atoms with Crippen LogP contribution in [-0.4, -0.2) is 32.8 Å². The molecule has 0 spiro atoms. The third-order valence-corrected chi connectivity index (χ3v) is 4.63. The van der Waals surface area contributed by atoms with Gasteiger partial charge in [-0.25, -0.2) is 9.67 Å². The molecule has 1 aromatic heterocycles. The maximum Gasteiger partial charge on any atom is 0.217 e. The number of aromatic amines is 1. The van der Waals surface area contributed by atoms with Crippen LogP contribution in [0.5, 0.6) is 5.75 Å². The van der Waals surface area contributed by atoms with Crippen molar-refractivity contribution in [1.29, 1.82) is 0 Å². The van der Waals surface area contributed by atoms with Gasteiger partial charge < -0.3 is 4.74 Å². The second-order valence-corrected chi connectivity index (χ2v) is 7.87. The van der Waals surface area contributed by atoms with Crippen LogP contribution in [0.2, 0.25) is 0 Å². The van der Waals surface area contributed by atoms with Crippen LogP contribution in [0.4, 0.5) is 0 Å². The highest BCUT2D eigenvalue weighted by Gasteiger charge is 2.30. The van der Waals surface area contributed by atoms with Crippen molar-refractivity contribution in [3.8, 4) is 5.75 Å². The van der Waals surface area contributed by atoms with Gasteiger partial charge >= 0.3 is 0 Å². The molecule has 0 radical (unpaired) electrons. The smallest absolute Gasteiger partial charge is 0.217 e. The lowest BCUT2D eigenvalue weighted by molar-refractivity contribution is 0.186. The molecule has 24 heavy (non-hydrogen) atoms. The van der Waals surface area contributed by atoms with E-state index >= 15 is 0 Å². The van der Waals surface area contributed by atoms with Crippen molar-refractivity contribution in [2.24, 2.45) is 0 Å². The number of nitrogens with zero attached hydrogens (tertiary/aromatic N) is 3. The number of aromatic nitrogens is 3. The number of nitrogens with one attached hydrogen (secondary N) is 1. The van der Waals surface area contributed by atoms with Crippen LogP contribution < -0.4 is 4.74 Å². The zero-order valence-electron chi connectivity index (χ0n) is 14.9. The maximum atomic E-state index is 5.44. The monoisotopic (exact) mass is 346 g/mol. The Morgan fingerprint density at radius 2 is 1.96 bits per heavy atom. The van der Waals surface area contributed by atoms with Crippen LogP contribution in [-0.2, 0) is 18.6 Å². The Kier molecular flexibility index (Phi) is 4.78. The SMILES string of the molecule is COc1ccc(CN(Cn2[nH]c(C(C)(C)C)nc2=S)C2CC2)cc1. The molecule has 6 heteroatoms. The predicted octanol–water partition coefficient (Wildman–Crippen LogP) is 3.87. The minimum atomic E-state index is -0.0286. The van der Waals surface area contributed by atoms with E-state index in [1.807, 2.05) is 16.8 Å². The van der Waals surface area contributed by atoms with Gasteiger partial charge in [-0.15, -0.1) is 0 Å². The Morgan fingerprint density at radius 1 is 1.29 bits per heavy atom. The van der Waals surface area contributed by atoms with Crippen molar-refractivity contribution in [2.75, 3.05) is 7.11 Å². The van der Waals surface area contributed by atoms with Crippen LogP contribution in [0.25, 0.3) is 0 Å². The van der Waals surface area contributed by atoms with E-state index in [9.17, 15) is 0 Å². The Labute approximate surface area is 148 Å². The Bertz CT molecular complexity index is 738. The fourth-order valence-corrected chi connectivity index (χ4v) is 2.86. The summed E-state index contributed by atoms with van der Waals surface area (Å²) in [6, 6.07) is 8.91. The highest BCUT2D eigenvalue weighted by molar-refractivity contribution is 7.71. The molecule has 1 N–H and O–H groups in total. The molecule has 0 unspecified atom stereocenters. The largest absolute Gasteiger partial charge is 0.497 e. The van der Waals surface area contributed by atoms with Crippen molar-refractivity contribution in [1.82, 2.24) is 19.7 Å². The fraction of sp³-hybridized carbons (Fsp3) is 0.556. The first kappa shape index (κ1) is 17.2. The standard InChI is InChI=1S/C18H26N4OS/c1-18(2,3)16-19-17(24)22(20-16)12-21(14-7-8-14)11-13-5-9-15(23-4)10-6-13/h5-6,9-10,14H,7-8,11-12H2,1-4H3,(H,19,20,24). The molecule has 1 aliphatic carbocycles. The number of hydrogen-bond acceptors (Lipinski definition) is 4. The van der Waals surface area contributed by atoms with Crippen molar-refractivity contribution in [3.63, 3.8) is 0 Å². The number of ether oxygens (including phenoxy) is 1. The van der Waals surface area contributed by atoms with Crippen molar-refractivity contribution in [3.05, 3.63) is 40.4 Å². The summed E-state index contributed by atoms with van der Waals surface area (Å²) in [5, 5.41) is 3.38. The van der Waals surface area contributed by atoms with Gasteiger partial charge in [-0.3, -0.25) is 10.00 Å². The summed E-state index contributed by atoms with van der Waals surface area (Å²) in [5.74, 6) is 1.83. The molecule has 1 aliphatic rings. The molecule has 0 amide bonds. The van der Waals surface area contributed by atoms with Gasteiger partial charge in [0.2, 0.25) is 4.77 Å². The van der Waals surface area contributed by atoms with Gasteiger partial charge in [0.25, 0.3) is 0 Å². The first-order valence-electron chi connectivity index (χ1n) is 8.41. The minimum absolute atomic E-state index is 0.0286. The van der Waals surface area contributed by atoms with E-state index in [4.69, 9.17) is 17.0 Å². The molecule has 1 fully saturated rings. The van der Waals surface area contributed by atoms with Crippen molar-refractivity contribution < 1.29 is 4.74 Å². The second kappa shape index (κ2) is 6.69. The minimum Gasteiger partial charge on any atom is -0.497 e. The lowest BCUT2D eigenvalue weighted by atomic mass is 9.96. The van der Waals surface area contributed by atoms with Gasteiger partial charge in [-0.05, 0) is 42.8 Å². The average molecular weight is 347 g/mol. The molecule has 0 aliphatic heterocycles. The number of rotatable bonds is 6. The zero-order valence-corrected chi connectivity index (χ0v) is 15.7. The summed E-state index contributed by atoms with van der Waals surface area (Å²) < 4.78 is 7.84. The zero-order chi connectivity index (χ0) is 17.3. The molecule has 1 aromatic carbocycles. The molecule has 5 nitrogen and oxygen atoms in total. The fourth-order valence-electron chi connectivity index (χ4n) is 2.67. The highest BCUT2D eigenvalue weighted by Crippen LogP contribution is 2.29. The van der Waals surface area contributed by atoms with Crippen molar-refractivity contribution in [2.45, 2.75) is 58.3 Å². The van der Waals surface area contributed by atoms with Crippen LogP contribution in [0.15, 0.2) is 24.3 Å². The number of benzene rings is 1. The lowest BCUT2D eigenvalue weighted by Crippen LogP contribution is -2.29. The molecule has 3 rings (SSSR count). The molecule has 1 heterocycles. The number of H-pyrrole nitrogens is 1. The van der Waals surface area contributed by atoms with E-state index in [1.54, 1.807) is 7.11 Å². The molecular formula is C18H26N4OS. The molecule has 0 atom stereocenters. The quantitative estimate of drug-likeness (QED) is 0.807. The number of hydrogen-bond donors (Lipinski definition) is 1. The average Bonchev–Trinajstić information content (AvgIpc) is 3.31. The van der Waals surface area contributed by atoms with Gasteiger partial charge in [0.15, 0.2) is 0 Å². The number of methoxy groups -OCH3 is 1.